The van der Waals surface area contributed by atoms with Crippen LogP contribution in [0.2, 0.25) is 0 Å². The Hall–Kier alpha value is -0.610. The molecule has 4 unspecified atom stereocenters. The molecule has 2 aliphatic heterocycles. The van der Waals surface area contributed by atoms with Gasteiger partial charge in [0.1, 0.15) is 0 Å². The van der Waals surface area contributed by atoms with Gasteiger partial charge in [-0.2, -0.15) is 0 Å². The molecule has 4 heteroatoms. The highest BCUT2D eigenvalue weighted by Crippen LogP contribution is 2.32. The highest BCUT2D eigenvalue weighted by Gasteiger charge is 2.41. The monoisotopic (exact) mass is 254 g/mol. The van der Waals surface area contributed by atoms with E-state index in [1.807, 2.05) is 6.92 Å². The first-order chi connectivity index (χ1) is 8.59. The van der Waals surface area contributed by atoms with Crippen LogP contribution in [0, 0.1) is 17.8 Å². The molecule has 0 radical (unpaired) electrons. The van der Waals surface area contributed by atoms with Crippen LogP contribution in [0.25, 0.3) is 0 Å². The number of carbonyl (C=O) groups is 1. The van der Waals surface area contributed by atoms with E-state index in [1.54, 1.807) is 0 Å². The summed E-state index contributed by atoms with van der Waals surface area (Å²) in [6.07, 6.45) is 2.57. The van der Waals surface area contributed by atoms with Crippen molar-refractivity contribution in [3.05, 3.63) is 0 Å². The molecule has 2 N–H and O–H groups in total. The summed E-state index contributed by atoms with van der Waals surface area (Å²) >= 11 is 0. The van der Waals surface area contributed by atoms with Gasteiger partial charge in [0, 0.05) is 6.54 Å². The quantitative estimate of drug-likeness (QED) is 0.794. The van der Waals surface area contributed by atoms with Gasteiger partial charge in [-0.25, -0.2) is 0 Å². The molecule has 2 heterocycles. The summed E-state index contributed by atoms with van der Waals surface area (Å²) in [5.41, 5.74) is 0. The predicted octanol–water partition coefficient (Wildman–Crippen LogP) is 1.16. The predicted molar refractivity (Wildman–Crippen MR) is 71.3 cm³/mol. The molecule has 2 fully saturated rings. The Morgan fingerprint density at radius 3 is 2.44 bits per heavy atom. The van der Waals surface area contributed by atoms with Crippen LogP contribution in [0.3, 0.4) is 0 Å². The van der Waals surface area contributed by atoms with Crippen LogP contribution in [0.4, 0.5) is 0 Å². The molecular weight excluding hydrogens is 228 g/mol. The Morgan fingerprint density at radius 1 is 1.22 bits per heavy atom. The lowest BCUT2D eigenvalue weighted by atomic mass is 9.88. The molecular formula is C14H26N2O2. The lowest BCUT2D eigenvalue weighted by molar-refractivity contribution is -0.127. The second kappa shape index (κ2) is 6.02. The van der Waals surface area contributed by atoms with E-state index in [1.165, 1.54) is 12.8 Å². The average molecular weight is 254 g/mol. The van der Waals surface area contributed by atoms with E-state index in [2.05, 4.69) is 24.5 Å². The average Bonchev–Trinajstić information content (AvgIpc) is 2.62. The second-order valence-electron chi connectivity index (χ2n) is 5.87. The van der Waals surface area contributed by atoms with E-state index in [0.717, 1.165) is 19.6 Å². The van der Waals surface area contributed by atoms with Crippen molar-refractivity contribution in [1.29, 1.82) is 0 Å². The van der Waals surface area contributed by atoms with Gasteiger partial charge in [-0.1, -0.05) is 6.92 Å². The minimum atomic E-state index is 0.0155. The summed E-state index contributed by atoms with van der Waals surface area (Å²) in [5, 5.41) is 6.47. The Balaban J connectivity index is 1.80. The zero-order valence-electron chi connectivity index (χ0n) is 11.7. The number of carbonyl (C=O) groups excluding carboxylic acids is 1. The fourth-order valence-electron chi connectivity index (χ4n) is 3.17. The smallest absolute Gasteiger partial charge is 0.226 e. The van der Waals surface area contributed by atoms with E-state index in [-0.39, 0.29) is 24.0 Å². The molecule has 2 saturated heterocycles. The van der Waals surface area contributed by atoms with Gasteiger partial charge in [0.25, 0.3) is 0 Å². The maximum atomic E-state index is 12.2. The molecule has 4 atom stereocenters. The molecule has 0 spiro atoms. The highest BCUT2D eigenvalue weighted by atomic mass is 16.5. The number of piperidine rings is 1. The normalized spacial score (nSPS) is 37.7. The van der Waals surface area contributed by atoms with Crippen LogP contribution in [0.15, 0.2) is 0 Å². The van der Waals surface area contributed by atoms with Crippen LogP contribution in [0.1, 0.15) is 33.6 Å². The van der Waals surface area contributed by atoms with Crippen LogP contribution < -0.4 is 10.6 Å². The van der Waals surface area contributed by atoms with Gasteiger partial charge in [0.2, 0.25) is 5.91 Å². The first kappa shape index (κ1) is 13.8. The summed E-state index contributed by atoms with van der Waals surface area (Å²) in [7, 11) is 0. The lowest BCUT2D eigenvalue weighted by Gasteiger charge is -2.24. The maximum absolute atomic E-state index is 12.2. The van der Waals surface area contributed by atoms with Crippen LogP contribution in [-0.4, -0.2) is 37.7 Å². The maximum Gasteiger partial charge on any atom is 0.226 e. The van der Waals surface area contributed by atoms with Crippen molar-refractivity contribution in [3.63, 3.8) is 0 Å². The first-order valence-corrected chi connectivity index (χ1v) is 7.23. The van der Waals surface area contributed by atoms with Gasteiger partial charge in [-0.05, 0) is 51.6 Å². The first-order valence-electron chi connectivity index (χ1n) is 7.23. The third kappa shape index (κ3) is 3.04. The molecule has 104 valence electrons. The number of nitrogens with one attached hydrogen (secondary N) is 2. The zero-order chi connectivity index (χ0) is 13.1. The van der Waals surface area contributed by atoms with E-state index in [9.17, 15) is 4.79 Å². The van der Waals surface area contributed by atoms with Crippen molar-refractivity contribution in [2.45, 2.75) is 45.8 Å². The van der Waals surface area contributed by atoms with E-state index in [0.29, 0.717) is 11.8 Å². The molecule has 0 aliphatic carbocycles. The zero-order valence-corrected chi connectivity index (χ0v) is 11.7. The van der Waals surface area contributed by atoms with Gasteiger partial charge in [-0.15, -0.1) is 0 Å². The SMILES string of the molecule is CC1OC(C)C(C(=O)NCC2CCNCC2)C1C. The molecule has 0 aromatic rings. The fraction of sp³-hybridized carbons (Fsp3) is 0.929. The number of hydrogen-bond donors (Lipinski definition) is 2. The summed E-state index contributed by atoms with van der Waals surface area (Å²) in [5.74, 6) is 1.15. The summed E-state index contributed by atoms with van der Waals surface area (Å²) in [6.45, 7) is 9.16. The second-order valence-corrected chi connectivity index (χ2v) is 5.87. The van der Waals surface area contributed by atoms with Crippen LogP contribution >= 0.6 is 0 Å². The number of ether oxygens (including phenoxy) is 1. The molecule has 4 nitrogen and oxygen atoms in total. The topological polar surface area (TPSA) is 50.4 Å². The minimum absolute atomic E-state index is 0.0155. The van der Waals surface area contributed by atoms with Crippen molar-refractivity contribution < 1.29 is 9.53 Å². The number of hydrogen-bond acceptors (Lipinski definition) is 3. The van der Waals surface area contributed by atoms with Gasteiger partial charge in [0.15, 0.2) is 0 Å². The minimum Gasteiger partial charge on any atom is -0.374 e. The van der Waals surface area contributed by atoms with Gasteiger partial charge >= 0.3 is 0 Å². The molecule has 0 saturated carbocycles. The largest absolute Gasteiger partial charge is 0.374 e. The summed E-state index contributed by atoms with van der Waals surface area (Å²) in [4.78, 5) is 12.2. The van der Waals surface area contributed by atoms with Crippen molar-refractivity contribution >= 4 is 5.91 Å². The van der Waals surface area contributed by atoms with Crippen LogP contribution in [0.5, 0.6) is 0 Å². The number of amides is 1. The van der Waals surface area contributed by atoms with Crippen molar-refractivity contribution in [3.8, 4) is 0 Å². The molecule has 1 amide bonds. The van der Waals surface area contributed by atoms with Gasteiger partial charge < -0.3 is 15.4 Å². The molecule has 2 rings (SSSR count). The van der Waals surface area contributed by atoms with Crippen LogP contribution in [-0.2, 0) is 9.53 Å². The van der Waals surface area contributed by atoms with E-state index in [4.69, 9.17) is 4.74 Å². The molecule has 2 aliphatic rings. The lowest BCUT2D eigenvalue weighted by Crippen LogP contribution is -2.41. The third-order valence-corrected chi connectivity index (χ3v) is 4.57. The third-order valence-electron chi connectivity index (χ3n) is 4.57. The Morgan fingerprint density at radius 2 is 1.89 bits per heavy atom. The van der Waals surface area contributed by atoms with Gasteiger partial charge in [-0.3, -0.25) is 4.79 Å². The molecule has 18 heavy (non-hydrogen) atoms. The van der Waals surface area contributed by atoms with Crippen molar-refractivity contribution in [2.24, 2.45) is 17.8 Å². The number of rotatable bonds is 3. The van der Waals surface area contributed by atoms with Gasteiger partial charge in [0.05, 0.1) is 18.1 Å². The van der Waals surface area contributed by atoms with E-state index < -0.39 is 0 Å². The Bertz CT molecular complexity index is 290. The van der Waals surface area contributed by atoms with Crippen molar-refractivity contribution in [1.82, 2.24) is 10.6 Å². The molecule has 0 aromatic heterocycles. The van der Waals surface area contributed by atoms with E-state index >= 15 is 0 Å². The molecule has 0 aromatic carbocycles. The van der Waals surface area contributed by atoms with Crippen molar-refractivity contribution in [2.75, 3.05) is 19.6 Å². The fourth-order valence-corrected chi connectivity index (χ4v) is 3.17. The summed E-state index contributed by atoms with van der Waals surface area (Å²) < 4.78 is 5.73. The highest BCUT2D eigenvalue weighted by molar-refractivity contribution is 5.79. The summed E-state index contributed by atoms with van der Waals surface area (Å²) in [6, 6.07) is 0. The Labute approximate surface area is 110 Å². The standard InChI is InChI=1S/C14H26N2O2/c1-9-10(2)18-11(3)13(9)14(17)16-8-12-4-6-15-7-5-12/h9-13,15H,4-8H2,1-3H3,(H,16,17). The Kier molecular flexibility index (Phi) is 4.62. The molecule has 0 bridgehead atoms.